The van der Waals surface area contributed by atoms with Crippen LogP contribution in [0, 0.1) is 0 Å². The Bertz CT molecular complexity index is 314. The molecular weight excluding hydrogens is 232 g/mol. The summed E-state index contributed by atoms with van der Waals surface area (Å²) in [5.74, 6) is 0.0433. The van der Waals surface area contributed by atoms with Gasteiger partial charge in [0.1, 0.15) is 0 Å². The lowest BCUT2D eigenvalue weighted by atomic mass is 10.2. The molecule has 0 saturated heterocycles. The van der Waals surface area contributed by atoms with E-state index in [1.54, 1.807) is 18.4 Å². The molecule has 15 heavy (non-hydrogen) atoms. The van der Waals surface area contributed by atoms with Gasteiger partial charge in [0.15, 0.2) is 0 Å². The van der Waals surface area contributed by atoms with Crippen LogP contribution in [0.25, 0.3) is 0 Å². The van der Waals surface area contributed by atoms with Crippen LogP contribution < -0.4 is 10.9 Å². The lowest BCUT2D eigenvalue weighted by Crippen LogP contribution is -2.33. The van der Waals surface area contributed by atoms with E-state index in [4.69, 9.17) is 11.6 Å². The third-order valence-electron chi connectivity index (χ3n) is 1.97. The SMILES string of the molecule is CNNC(=O)CCCCc1ccc(Cl)s1. The molecule has 0 bridgehead atoms. The van der Waals surface area contributed by atoms with E-state index in [9.17, 15) is 4.79 Å². The molecule has 5 heteroatoms. The highest BCUT2D eigenvalue weighted by molar-refractivity contribution is 7.16. The maximum atomic E-state index is 11.1. The summed E-state index contributed by atoms with van der Waals surface area (Å²) < 4.78 is 0.831. The van der Waals surface area contributed by atoms with Gasteiger partial charge in [-0.25, -0.2) is 5.43 Å². The van der Waals surface area contributed by atoms with Crippen molar-refractivity contribution in [3.63, 3.8) is 0 Å². The zero-order valence-electron chi connectivity index (χ0n) is 8.68. The van der Waals surface area contributed by atoms with E-state index < -0.39 is 0 Å². The fraction of sp³-hybridized carbons (Fsp3) is 0.500. The van der Waals surface area contributed by atoms with Gasteiger partial charge in [0.05, 0.1) is 4.34 Å². The minimum absolute atomic E-state index is 0.0433. The standard InChI is InChI=1S/C10H15ClN2OS/c1-12-13-10(14)5-3-2-4-8-6-7-9(11)15-8/h6-7,12H,2-5H2,1H3,(H,13,14). The summed E-state index contributed by atoms with van der Waals surface area (Å²) in [4.78, 5) is 12.4. The Labute approximate surface area is 98.8 Å². The van der Waals surface area contributed by atoms with Crippen LogP contribution in [-0.2, 0) is 11.2 Å². The molecule has 0 aliphatic heterocycles. The van der Waals surface area contributed by atoms with Gasteiger partial charge in [-0.2, -0.15) is 0 Å². The Morgan fingerprint density at radius 2 is 2.27 bits per heavy atom. The summed E-state index contributed by atoms with van der Waals surface area (Å²) in [6.07, 6.45) is 3.50. The number of aryl methyl sites for hydroxylation is 1. The van der Waals surface area contributed by atoms with E-state index in [0.29, 0.717) is 6.42 Å². The first-order valence-corrected chi connectivity index (χ1v) is 6.11. The number of halogens is 1. The van der Waals surface area contributed by atoms with Crippen LogP contribution in [0.5, 0.6) is 0 Å². The van der Waals surface area contributed by atoms with Gasteiger partial charge in [0.2, 0.25) is 5.91 Å². The van der Waals surface area contributed by atoms with Crippen molar-refractivity contribution < 1.29 is 4.79 Å². The van der Waals surface area contributed by atoms with E-state index in [1.165, 1.54) is 4.88 Å². The van der Waals surface area contributed by atoms with E-state index >= 15 is 0 Å². The topological polar surface area (TPSA) is 41.1 Å². The molecule has 0 aromatic carbocycles. The minimum atomic E-state index is 0.0433. The number of rotatable bonds is 6. The molecule has 1 aromatic rings. The number of carbonyl (C=O) groups is 1. The number of nitrogens with one attached hydrogen (secondary N) is 2. The van der Waals surface area contributed by atoms with E-state index in [1.807, 2.05) is 12.1 Å². The number of thiophene rings is 1. The second kappa shape index (κ2) is 6.82. The van der Waals surface area contributed by atoms with Crippen molar-refractivity contribution in [3.05, 3.63) is 21.3 Å². The van der Waals surface area contributed by atoms with Gasteiger partial charge in [-0.15, -0.1) is 11.3 Å². The molecule has 0 atom stereocenters. The fourth-order valence-corrected chi connectivity index (χ4v) is 2.40. The highest BCUT2D eigenvalue weighted by Gasteiger charge is 2.01. The van der Waals surface area contributed by atoms with Gasteiger partial charge in [-0.05, 0) is 31.4 Å². The van der Waals surface area contributed by atoms with Crippen LogP contribution in [0.4, 0.5) is 0 Å². The van der Waals surface area contributed by atoms with Gasteiger partial charge in [0, 0.05) is 18.3 Å². The smallest absolute Gasteiger partial charge is 0.234 e. The summed E-state index contributed by atoms with van der Waals surface area (Å²) in [6, 6.07) is 3.95. The van der Waals surface area contributed by atoms with Gasteiger partial charge >= 0.3 is 0 Å². The summed E-state index contributed by atoms with van der Waals surface area (Å²) in [5.41, 5.74) is 5.16. The fourth-order valence-electron chi connectivity index (χ4n) is 1.27. The highest BCUT2D eigenvalue weighted by Crippen LogP contribution is 2.22. The number of hydrogen-bond acceptors (Lipinski definition) is 3. The average Bonchev–Trinajstić information content (AvgIpc) is 2.60. The Morgan fingerprint density at radius 1 is 1.47 bits per heavy atom. The number of hydrazine groups is 1. The van der Waals surface area contributed by atoms with Crippen molar-refractivity contribution >= 4 is 28.8 Å². The second-order valence-corrected chi connectivity index (χ2v) is 5.01. The molecule has 0 radical (unpaired) electrons. The molecule has 1 rings (SSSR count). The predicted molar refractivity (Wildman–Crippen MR) is 64.1 cm³/mol. The first kappa shape index (κ1) is 12.5. The zero-order chi connectivity index (χ0) is 11.1. The molecule has 0 fully saturated rings. The molecule has 3 nitrogen and oxygen atoms in total. The predicted octanol–water partition coefficient (Wildman–Crippen LogP) is 2.36. The van der Waals surface area contributed by atoms with Crippen LogP contribution in [-0.4, -0.2) is 13.0 Å². The highest BCUT2D eigenvalue weighted by atomic mass is 35.5. The molecule has 0 aliphatic carbocycles. The van der Waals surface area contributed by atoms with E-state index in [-0.39, 0.29) is 5.91 Å². The zero-order valence-corrected chi connectivity index (χ0v) is 10.3. The quantitative estimate of drug-likeness (QED) is 0.598. The molecule has 1 amide bonds. The third-order valence-corrected chi connectivity index (χ3v) is 3.26. The maximum absolute atomic E-state index is 11.1. The van der Waals surface area contributed by atoms with Crippen molar-refractivity contribution in [1.82, 2.24) is 10.9 Å². The van der Waals surface area contributed by atoms with Crippen LogP contribution in [0.15, 0.2) is 12.1 Å². The van der Waals surface area contributed by atoms with Crippen molar-refractivity contribution in [2.75, 3.05) is 7.05 Å². The van der Waals surface area contributed by atoms with Crippen LogP contribution in [0.1, 0.15) is 24.1 Å². The van der Waals surface area contributed by atoms with Gasteiger partial charge in [-0.3, -0.25) is 10.2 Å². The Balaban J connectivity index is 2.09. The molecule has 1 aromatic heterocycles. The first-order valence-electron chi connectivity index (χ1n) is 4.92. The molecule has 0 aliphatic rings. The minimum Gasteiger partial charge on any atom is -0.292 e. The molecule has 0 saturated carbocycles. The third kappa shape index (κ3) is 5.16. The number of hydrogen-bond donors (Lipinski definition) is 2. The maximum Gasteiger partial charge on any atom is 0.234 e. The second-order valence-electron chi connectivity index (χ2n) is 3.21. The van der Waals surface area contributed by atoms with Crippen LogP contribution in [0.3, 0.4) is 0 Å². The first-order chi connectivity index (χ1) is 7.22. The van der Waals surface area contributed by atoms with Crippen LogP contribution in [0.2, 0.25) is 4.34 Å². The molecule has 0 spiro atoms. The normalized spacial score (nSPS) is 10.3. The molecular formula is C10H15ClN2OS. The van der Waals surface area contributed by atoms with Crippen molar-refractivity contribution in [2.24, 2.45) is 0 Å². The van der Waals surface area contributed by atoms with Crippen molar-refractivity contribution in [3.8, 4) is 0 Å². The average molecular weight is 247 g/mol. The lowest BCUT2D eigenvalue weighted by Gasteiger charge is -2.01. The monoisotopic (exact) mass is 246 g/mol. The molecule has 84 valence electrons. The Morgan fingerprint density at radius 3 is 2.87 bits per heavy atom. The van der Waals surface area contributed by atoms with Gasteiger partial charge in [-0.1, -0.05) is 11.6 Å². The number of amides is 1. The van der Waals surface area contributed by atoms with Gasteiger partial charge in [0.25, 0.3) is 0 Å². The summed E-state index contributed by atoms with van der Waals surface area (Å²) >= 11 is 7.42. The Kier molecular flexibility index (Phi) is 5.68. The van der Waals surface area contributed by atoms with Crippen LogP contribution >= 0.6 is 22.9 Å². The van der Waals surface area contributed by atoms with Crippen molar-refractivity contribution in [2.45, 2.75) is 25.7 Å². The summed E-state index contributed by atoms with van der Waals surface area (Å²) in [7, 11) is 1.69. The lowest BCUT2D eigenvalue weighted by molar-refractivity contribution is -0.122. The van der Waals surface area contributed by atoms with E-state index in [2.05, 4.69) is 10.9 Å². The molecule has 1 heterocycles. The molecule has 2 N–H and O–H groups in total. The molecule has 0 unspecified atom stereocenters. The van der Waals surface area contributed by atoms with Crippen molar-refractivity contribution in [1.29, 1.82) is 0 Å². The Hall–Kier alpha value is -0.580. The van der Waals surface area contributed by atoms with Gasteiger partial charge < -0.3 is 0 Å². The number of carbonyl (C=O) groups excluding carboxylic acids is 1. The largest absolute Gasteiger partial charge is 0.292 e. The van der Waals surface area contributed by atoms with E-state index in [0.717, 1.165) is 23.6 Å². The summed E-state index contributed by atoms with van der Waals surface area (Å²) in [6.45, 7) is 0. The summed E-state index contributed by atoms with van der Waals surface area (Å²) in [5, 5.41) is 0. The number of unbranched alkanes of at least 4 members (excludes halogenated alkanes) is 1.